The Morgan fingerprint density at radius 2 is 1.88 bits per heavy atom. The van der Waals surface area contributed by atoms with Gasteiger partial charge in [0.25, 0.3) is 0 Å². The molecule has 0 aliphatic heterocycles. The Morgan fingerprint density at radius 1 is 1.24 bits per heavy atom. The maximum absolute atomic E-state index is 13.3. The highest BCUT2D eigenvalue weighted by Gasteiger charge is 2.23. The highest BCUT2D eigenvalue weighted by Crippen LogP contribution is 2.17. The maximum Gasteiger partial charge on any atom is 0.330 e. The molecule has 0 aromatic heterocycles. The van der Waals surface area contributed by atoms with Gasteiger partial charge in [0.15, 0.2) is 6.04 Å². The maximum atomic E-state index is 13.3. The summed E-state index contributed by atoms with van der Waals surface area (Å²) in [5, 5.41) is 14.5. The van der Waals surface area contributed by atoms with Crippen LogP contribution in [0.3, 0.4) is 0 Å². The number of amides is 2. The molecular weight excluding hydrogens is 327 g/mol. The molecule has 1 atom stereocenters. The minimum absolute atomic E-state index is 0.0778. The molecule has 0 spiro atoms. The van der Waals surface area contributed by atoms with E-state index in [-0.39, 0.29) is 12.3 Å². The van der Waals surface area contributed by atoms with Gasteiger partial charge >= 0.3 is 5.97 Å². The highest BCUT2D eigenvalue weighted by molar-refractivity contribution is 5.84. The van der Waals surface area contributed by atoms with Gasteiger partial charge in [-0.15, -0.1) is 0 Å². The lowest BCUT2D eigenvalue weighted by Crippen LogP contribution is -2.36. The molecular formula is C18H25FN2O4. The van der Waals surface area contributed by atoms with E-state index in [9.17, 15) is 23.9 Å². The Balaban J connectivity index is 2.56. The number of carboxylic acid groups (broad SMARTS) is 1. The van der Waals surface area contributed by atoms with Crippen LogP contribution in [0.1, 0.15) is 50.8 Å². The van der Waals surface area contributed by atoms with Crippen molar-refractivity contribution in [1.29, 1.82) is 0 Å². The minimum atomic E-state index is -1.24. The topological polar surface area (TPSA) is 95.5 Å². The standard InChI is InChI=1S/C18H25FN2O4/c1-11-10-12(7-8-13(11)19)15(16(23)24)21-14(22)6-5-9-20-17(25)18(2,3)4/h7-8,10,15H,5-6,9H2,1-4H3,(H,20,25)(H,21,22)(H,23,24). The first kappa shape index (κ1) is 20.6. The summed E-state index contributed by atoms with van der Waals surface area (Å²) in [5.41, 5.74) is 0.112. The minimum Gasteiger partial charge on any atom is -0.479 e. The number of benzene rings is 1. The van der Waals surface area contributed by atoms with Crippen LogP contribution in [0.5, 0.6) is 0 Å². The van der Waals surface area contributed by atoms with Crippen LogP contribution in [0.15, 0.2) is 18.2 Å². The van der Waals surface area contributed by atoms with E-state index >= 15 is 0 Å². The van der Waals surface area contributed by atoms with Crippen molar-refractivity contribution < 1.29 is 23.9 Å². The molecule has 0 fully saturated rings. The van der Waals surface area contributed by atoms with Crippen LogP contribution in [-0.2, 0) is 14.4 Å². The van der Waals surface area contributed by atoms with Crippen molar-refractivity contribution in [2.24, 2.45) is 5.41 Å². The zero-order valence-electron chi connectivity index (χ0n) is 15.0. The van der Waals surface area contributed by atoms with Gasteiger partial charge in [0.05, 0.1) is 0 Å². The summed E-state index contributed by atoms with van der Waals surface area (Å²) in [6.07, 6.45) is 0.469. The van der Waals surface area contributed by atoms with E-state index in [2.05, 4.69) is 10.6 Å². The van der Waals surface area contributed by atoms with E-state index in [1.54, 1.807) is 20.8 Å². The summed E-state index contributed by atoms with van der Waals surface area (Å²) in [4.78, 5) is 35.1. The van der Waals surface area contributed by atoms with Crippen molar-refractivity contribution in [3.63, 3.8) is 0 Å². The second-order valence-electron chi connectivity index (χ2n) is 6.96. The van der Waals surface area contributed by atoms with Crippen LogP contribution >= 0.6 is 0 Å². The van der Waals surface area contributed by atoms with Crippen molar-refractivity contribution in [1.82, 2.24) is 10.6 Å². The zero-order valence-corrected chi connectivity index (χ0v) is 15.0. The number of aliphatic carboxylic acids is 1. The smallest absolute Gasteiger partial charge is 0.330 e. The van der Waals surface area contributed by atoms with Gasteiger partial charge in [0.2, 0.25) is 11.8 Å². The third-order valence-corrected chi connectivity index (χ3v) is 3.61. The van der Waals surface area contributed by atoms with Crippen LogP contribution in [-0.4, -0.2) is 29.4 Å². The molecule has 1 unspecified atom stereocenters. The van der Waals surface area contributed by atoms with Gasteiger partial charge in [-0.1, -0.05) is 32.9 Å². The second-order valence-corrected chi connectivity index (χ2v) is 6.96. The highest BCUT2D eigenvalue weighted by atomic mass is 19.1. The van der Waals surface area contributed by atoms with E-state index < -0.39 is 29.2 Å². The van der Waals surface area contributed by atoms with Gasteiger partial charge in [-0.05, 0) is 30.5 Å². The van der Waals surface area contributed by atoms with E-state index in [0.29, 0.717) is 24.1 Å². The lowest BCUT2D eigenvalue weighted by molar-refractivity contribution is -0.142. The van der Waals surface area contributed by atoms with Crippen LogP contribution in [0.25, 0.3) is 0 Å². The quantitative estimate of drug-likeness (QED) is 0.656. The van der Waals surface area contributed by atoms with Crippen LogP contribution < -0.4 is 10.6 Å². The molecule has 0 heterocycles. The SMILES string of the molecule is Cc1cc(C(NC(=O)CCCNC(=O)C(C)(C)C)C(=O)O)ccc1F. The lowest BCUT2D eigenvalue weighted by atomic mass is 9.96. The van der Waals surface area contributed by atoms with Gasteiger partial charge in [-0.2, -0.15) is 0 Å². The normalized spacial score (nSPS) is 12.4. The molecule has 0 saturated heterocycles. The molecule has 6 nitrogen and oxygen atoms in total. The first-order valence-electron chi connectivity index (χ1n) is 8.09. The third-order valence-electron chi connectivity index (χ3n) is 3.61. The van der Waals surface area contributed by atoms with Crippen molar-refractivity contribution >= 4 is 17.8 Å². The largest absolute Gasteiger partial charge is 0.479 e. The number of aryl methyl sites for hydroxylation is 1. The first-order chi connectivity index (χ1) is 11.5. The van der Waals surface area contributed by atoms with Gasteiger partial charge < -0.3 is 15.7 Å². The number of halogens is 1. The van der Waals surface area contributed by atoms with Crippen LogP contribution in [0, 0.1) is 18.2 Å². The lowest BCUT2D eigenvalue weighted by Gasteiger charge is -2.18. The Labute approximate surface area is 146 Å². The van der Waals surface area contributed by atoms with E-state index in [4.69, 9.17) is 0 Å². The fourth-order valence-electron chi connectivity index (χ4n) is 2.08. The molecule has 0 radical (unpaired) electrons. The number of rotatable bonds is 7. The van der Waals surface area contributed by atoms with Crippen LogP contribution in [0.4, 0.5) is 4.39 Å². The molecule has 7 heteroatoms. The summed E-state index contributed by atoms with van der Waals surface area (Å²) in [5.74, 6) is -2.22. The molecule has 0 bridgehead atoms. The average Bonchev–Trinajstić information content (AvgIpc) is 2.50. The fourth-order valence-corrected chi connectivity index (χ4v) is 2.08. The van der Waals surface area contributed by atoms with Crippen LogP contribution in [0.2, 0.25) is 0 Å². The van der Waals surface area contributed by atoms with Crippen molar-refractivity contribution in [3.05, 3.63) is 35.1 Å². The zero-order chi connectivity index (χ0) is 19.2. The molecule has 0 aliphatic carbocycles. The molecule has 2 amide bonds. The van der Waals surface area contributed by atoms with Gasteiger partial charge in [-0.3, -0.25) is 9.59 Å². The molecule has 0 saturated carbocycles. The van der Waals surface area contributed by atoms with E-state index in [0.717, 1.165) is 0 Å². The van der Waals surface area contributed by atoms with E-state index in [1.807, 2.05) is 0 Å². The number of carbonyl (C=O) groups is 3. The van der Waals surface area contributed by atoms with Gasteiger partial charge in [-0.25, -0.2) is 9.18 Å². The molecule has 1 rings (SSSR count). The summed E-state index contributed by atoms with van der Waals surface area (Å²) < 4.78 is 13.3. The Bertz CT molecular complexity index is 653. The molecule has 3 N–H and O–H groups in total. The van der Waals surface area contributed by atoms with Gasteiger partial charge in [0.1, 0.15) is 5.82 Å². The number of hydrogen-bond donors (Lipinski definition) is 3. The molecule has 25 heavy (non-hydrogen) atoms. The third kappa shape index (κ3) is 6.52. The Hall–Kier alpha value is -2.44. The Kier molecular flexibility index (Phi) is 7.09. The monoisotopic (exact) mass is 352 g/mol. The first-order valence-corrected chi connectivity index (χ1v) is 8.09. The number of nitrogens with one attached hydrogen (secondary N) is 2. The Morgan fingerprint density at radius 3 is 2.40 bits per heavy atom. The molecule has 138 valence electrons. The van der Waals surface area contributed by atoms with Crippen molar-refractivity contribution in [3.8, 4) is 0 Å². The van der Waals surface area contributed by atoms with E-state index in [1.165, 1.54) is 25.1 Å². The number of hydrogen-bond acceptors (Lipinski definition) is 3. The summed E-state index contributed by atoms with van der Waals surface area (Å²) in [7, 11) is 0. The second kappa shape index (κ2) is 8.60. The summed E-state index contributed by atoms with van der Waals surface area (Å²) in [6, 6.07) is 2.67. The van der Waals surface area contributed by atoms with Crippen molar-refractivity contribution in [2.75, 3.05) is 6.54 Å². The number of carboxylic acids is 1. The summed E-state index contributed by atoms with van der Waals surface area (Å²) >= 11 is 0. The predicted octanol–water partition coefficient (Wildman–Crippen LogP) is 2.32. The van der Waals surface area contributed by atoms with Crippen molar-refractivity contribution in [2.45, 2.75) is 46.6 Å². The molecule has 1 aromatic carbocycles. The average molecular weight is 352 g/mol. The molecule has 1 aromatic rings. The number of carbonyl (C=O) groups excluding carboxylic acids is 2. The predicted molar refractivity (Wildman–Crippen MR) is 91.4 cm³/mol. The fraction of sp³-hybridized carbons (Fsp3) is 0.500. The summed E-state index contributed by atoms with van der Waals surface area (Å²) in [6.45, 7) is 7.22. The van der Waals surface area contributed by atoms with Gasteiger partial charge in [0, 0.05) is 18.4 Å². The molecule has 0 aliphatic rings.